The standard InChI is InChI=1S/C23H25N3O3S/c1-14-10-15(2)12-26(11-14)23(28)17-6-4-5-7-18(17)24-21(27)19-13-30-22(25-19)20-9-8-16(3)29-20/h4-9,13-15H,10-12H2,1-3H3,(H,24,27). The number of nitrogens with zero attached hydrogens (tertiary/aromatic N) is 2. The van der Waals surface area contributed by atoms with Gasteiger partial charge in [0.2, 0.25) is 0 Å². The maximum atomic E-state index is 13.2. The first kappa shape index (κ1) is 20.3. The summed E-state index contributed by atoms with van der Waals surface area (Å²) >= 11 is 1.35. The van der Waals surface area contributed by atoms with Crippen LogP contribution in [0.1, 0.15) is 46.9 Å². The van der Waals surface area contributed by atoms with E-state index in [4.69, 9.17) is 4.42 Å². The molecular formula is C23H25N3O3S. The van der Waals surface area contributed by atoms with Crippen molar-refractivity contribution in [2.24, 2.45) is 11.8 Å². The third kappa shape index (κ3) is 4.31. The predicted molar refractivity (Wildman–Crippen MR) is 118 cm³/mol. The Hall–Kier alpha value is -2.93. The molecular weight excluding hydrogens is 398 g/mol. The molecule has 0 aliphatic carbocycles. The largest absolute Gasteiger partial charge is 0.459 e. The van der Waals surface area contributed by atoms with Gasteiger partial charge in [0.15, 0.2) is 10.8 Å². The average molecular weight is 424 g/mol. The number of likely N-dealkylation sites (tertiary alicyclic amines) is 1. The van der Waals surface area contributed by atoms with E-state index in [0.717, 1.165) is 25.3 Å². The van der Waals surface area contributed by atoms with Gasteiger partial charge < -0.3 is 14.6 Å². The lowest BCUT2D eigenvalue weighted by atomic mass is 9.91. The summed E-state index contributed by atoms with van der Waals surface area (Å²) in [5, 5.41) is 5.21. The first-order valence-corrected chi connectivity index (χ1v) is 11.0. The lowest BCUT2D eigenvalue weighted by molar-refractivity contribution is 0.0624. The Morgan fingerprint density at radius 2 is 1.87 bits per heavy atom. The number of amides is 2. The molecule has 6 nitrogen and oxygen atoms in total. The number of thiazole rings is 1. The molecule has 0 spiro atoms. The van der Waals surface area contributed by atoms with Gasteiger partial charge in [0, 0.05) is 18.5 Å². The van der Waals surface area contributed by atoms with Gasteiger partial charge in [0.25, 0.3) is 11.8 Å². The van der Waals surface area contributed by atoms with E-state index in [1.54, 1.807) is 17.5 Å². The molecule has 2 unspecified atom stereocenters. The van der Waals surface area contributed by atoms with E-state index in [1.165, 1.54) is 11.3 Å². The molecule has 1 aliphatic heterocycles. The number of anilines is 1. The normalized spacial score (nSPS) is 19.0. The Morgan fingerprint density at radius 3 is 2.57 bits per heavy atom. The van der Waals surface area contributed by atoms with Crippen LogP contribution in [0.4, 0.5) is 5.69 Å². The van der Waals surface area contributed by atoms with Gasteiger partial charge in [-0.3, -0.25) is 9.59 Å². The fraction of sp³-hybridized carbons (Fsp3) is 0.348. The SMILES string of the molecule is Cc1ccc(-c2nc(C(=O)Nc3ccccc3C(=O)N3CC(C)CC(C)C3)cs2)o1. The molecule has 1 aliphatic rings. The van der Waals surface area contributed by atoms with Crippen molar-refractivity contribution in [2.45, 2.75) is 27.2 Å². The Labute approximate surface area is 179 Å². The third-order valence-corrected chi connectivity index (χ3v) is 6.11. The van der Waals surface area contributed by atoms with Gasteiger partial charge in [-0.15, -0.1) is 11.3 Å². The zero-order valence-corrected chi connectivity index (χ0v) is 18.2. The van der Waals surface area contributed by atoms with Gasteiger partial charge in [0.05, 0.1) is 11.3 Å². The van der Waals surface area contributed by atoms with Crippen molar-refractivity contribution >= 4 is 28.8 Å². The molecule has 3 aromatic rings. The molecule has 0 saturated carbocycles. The van der Waals surface area contributed by atoms with Crippen LogP contribution < -0.4 is 5.32 Å². The molecule has 2 aromatic heterocycles. The molecule has 1 N–H and O–H groups in total. The fourth-order valence-electron chi connectivity index (χ4n) is 4.00. The molecule has 2 amide bonds. The zero-order chi connectivity index (χ0) is 21.3. The molecule has 1 aromatic carbocycles. The number of hydrogen-bond acceptors (Lipinski definition) is 5. The minimum absolute atomic E-state index is 0.0469. The lowest BCUT2D eigenvalue weighted by Crippen LogP contribution is -2.42. The smallest absolute Gasteiger partial charge is 0.275 e. The Bertz CT molecular complexity index is 1060. The van der Waals surface area contributed by atoms with E-state index in [9.17, 15) is 9.59 Å². The number of benzene rings is 1. The number of para-hydroxylation sites is 1. The van der Waals surface area contributed by atoms with Crippen molar-refractivity contribution in [3.8, 4) is 10.8 Å². The summed E-state index contributed by atoms with van der Waals surface area (Å²) in [7, 11) is 0. The number of aromatic nitrogens is 1. The van der Waals surface area contributed by atoms with Gasteiger partial charge in [-0.25, -0.2) is 4.98 Å². The van der Waals surface area contributed by atoms with Crippen molar-refractivity contribution in [2.75, 3.05) is 18.4 Å². The number of hydrogen-bond donors (Lipinski definition) is 1. The second-order valence-corrected chi connectivity index (χ2v) is 8.96. The number of aryl methyl sites for hydroxylation is 1. The van der Waals surface area contributed by atoms with E-state index in [0.29, 0.717) is 39.5 Å². The maximum Gasteiger partial charge on any atom is 0.275 e. The predicted octanol–water partition coefficient (Wildman–Crippen LogP) is 5.08. The van der Waals surface area contributed by atoms with Crippen molar-refractivity contribution in [3.05, 3.63) is 58.8 Å². The average Bonchev–Trinajstić information content (AvgIpc) is 3.36. The molecule has 30 heavy (non-hydrogen) atoms. The van der Waals surface area contributed by atoms with E-state index >= 15 is 0 Å². The highest BCUT2D eigenvalue weighted by Crippen LogP contribution is 2.27. The quantitative estimate of drug-likeness (QED) is 0.635. The first-order valence-electron chi connectivity index (χ1n) is 10.1. The number of nitrogens with one attached hydrogen (secondary N) is 1. The van der Waals surface area contributed by atoms with E-state index in [2.05, 4.69) is 24.1 Å². The topological polar surface area (TPSA) is 75.4 Å². The lowest BCUT2D eigenvalue weighted by Gasteiger charge is -2.35. The van der Waals surface area contributed by atoms with Crippen LogP contribution in [0.2, 0.25) is 0 Å². The number of piperidine rings is 1. The van der Waals surface area contributed by atoms with Crippen LogP contribution in [0.15, 0.2) is 46.2 Å². The molecule has 0 bridgehead atoms. The third-order valence-electron chi connectivity index (χ3n) is 5.25. The minimum Gasteiger partial charge on any atom is -0.459 e. The molecule has 7 heteroatoms. The number of carbonyl (C=O) groups is 2. The molecule has 156 valence electrons. The molecule has 0 radical (unpaired) electrons. The highest BCUT2D eigenvalue weighted by atomic mass is 32.1. The van der Waals surface area contributed by atoms with Crippen LogP contribution in [-0.2, 0) is 0 Å². The van der Waals surface area contributed by atoms with Gasteiger partial charge in [-0.05, 0) is 49.4 Å². The van der Waals surface area contributed by atoms with Gasteiger partial charge in [0.1, 0.15) is 11.5 Å². The van der Waals surface area contributed by atoms with Crippen LogP contribution in [0.5, 0.6) is 0 Å². The van der Waals surface area contributed by atoms with Crippen molar-refractivity contribution in [1.82, 2.24) is 9.88 Å². The molecule has 3 heterocycles. The Balaban J connectivity index is 1.52. The number of rotatable bonds is 4. The summed E-state index contributed by atoms with van der Waals surface area (Å²) < 4.78 is 5.58. The summed E-state index contributed by atoms with van der Waals surface area (Å²) in [5.74, 6) is 1.98. The van der Waals surface area contributed by atoms with Gasteiger partial charge in [-0.1, -0.05) is 26.0 Å². The Morgan fingerprint density at radius 1 is 1.13 bits per heavy atom. The highest BCUT2D eigenvalue weighted by Gasteiger charge is 2.27. The van der Waals surface area contributed by atoms with Crippen LogP contribution in [-0.4, -0.2) is 34.8 Å². The second kappa shape index (κ2) is 8.44. The van der Waals surface area contributed by atoms with Crippen LogP contribution >= 0.6 is 11.3 Å². The number of furan rings is 1. The minimum atomic E-state index is -0.346. The number of carbonyl (C=O) groups excluding carboxylic acids is 2. The monoisotopic (exact) mass is 423 g/mol. The summed E-state index contributed by atoms with van der Waals surface area (Å²) in [6.45, 7) is 7.68. The van der Waals surface area contributed by atoms with E-state index in [-0.39, 0.29) is 11.8 Å². The van der Waals surface area contributed by atoms with Crippen molar-refractivity contribution < 1.29 is 14.0 Å². The first-order chi connectivity index (χ1) is 14.4. The van der Waals surface area contributed by atoms with Crippen molar-refractivity contribution in [1.29, 1.82) is 0 Å². The van der Waals surface area contributed by atoms with E-state index in [1.807, 2.05) is 36.1 Å². The fourth-order valence-corrected chi connectivity index (χ4v) is 4.76. The molecule has 2 atom stereocenters. The summed E-state index contributed by atoms with van der Waals surface area (Å²) in [5.41, 5.74) is 1.30. The summed E-state index contributed by atoms with van der Waals surface area (Å²) in [6.07, 6.45) is 1.13. The van der Waals surface area contributed by atoms with Gasteiger partial charge in [-0.2, -0.15) is 0 Å². The highest BCUT2D eigenvalue weighted by molar-refractivity contribution is 7.13. The maximum absolute atomic E-state index is 13.2. The zero-order valence-electron chi connectivity index (χ0n) is 17.3. The Kier molecular flexibility index (Phi) is 5.72. The van der Waals surface area contributed by atoms with Crippen LogP contribution in [0, 0.1) is 18.8 Å². The van der Waals surface area contributed by atoms with Crippen molar-refractivity contribution in [3.63, 3.8) is 0 Å². The summed E-state index contributed by atoms with van der Waals surface area (Å²) in [4.78, 5) is 32.3. The summed E-state index contributed by atoms with van der Waals surface area (Å²) in [6, 6.07) is 10.8. The molecule has 4 rings (SSSR count). The molecule has 1 saturated heterocycles. The second-order valence-electron chi connectivity index (χ2n) is 8.10. The van der Waals surface area contributed by atoms with E-state index < -0.39 is 0 Å². The van der Waals surface area contributed by atoms with Crippen LogP contribution in [0.3, 0.4) is 0 Å². The molecule has 1 fully saturated rings. The van der Waals surface area contributed by atoms with Crippen LogP contribution in [0.25, 0.3) is 10.8 Å². The van der Waals surface area contributed by atoms with Gasteiger partial charge >= 0.3 is 0 Å².